The van der Waals surface area contributed by atoms with E-state index < -0.39 is 0 Å². The lowest BCUT2D eigenvalue weighted by molar-refractivity contribution is -0.118. The summed E-state index contributed by atoms with van der Waals surface area (Å²) in [7, 11) is 0. The molecule has 0 aliphatic carbocycles. The van der Waals surface area contributed by atoms with Gasteiger partial charge in [-0.15, -0.1) is 11.8 Å². The fourth-order valence-corrected chi connectivity index (χ4v) is 2.98. The van der Waals surface area contributed by atoms with Gasteiger partial charge in [-0.3, -0.25) is 4.79 Å². The predicted octanol–water partition coefficient (Wildman–Crippen LogP) is 3.04. The topological polar surface area (TPSA) is 52.9 Å². The van der Waals surface area contributed by atoms with Crippen LogP contribution in [0.1, 0.15) is 28.7 Å². The molecule has 0 saturated carbocycles. The van der Waals surface area contributed by atoms with Crippen molar-refractivity contribution in [1.82, 2.24) is 5.32 Å². The standard InChI is InChI=1S/C15H20N2OS/c1-10-8-11(2)13(4)15(12(10)3)19-9-14(18)17-7-5-6-16/h8H,5,7,9H2,1-4H3,(H,17,18). The van der Waals surface area contributed by atoms with E-state index in [1.807, 2.05) is 6.07 Å². The Morgan fingerprint density at radius 3 is 2.37 bits per heavy atom. The van der Waals surface area contributed by atoms with Crippen molar-refractivity contribution in [3.05, 3.63) is 28.3 Å². The van der Waals surface area contributed by atoms with E-state index in [1.165, 1.54) is 27.1 Å². The van der Waals surface area contributed by atoms with E-state index in [4.69, 9.17) is 5.26 Å². The Balaban J connectivity index is 2.68. The Morgan fingerprint density at radius 2 is 1.84 bits per heavy atom. The monoisotopic (exact) mass is 276 g/mol. The first-order valence-electron chi connectivity index (χ1n) is 6.31. The number of aryl methyl sites for hydroxylation is 2. The first-order chi connectivity index (χ1) is 8.97. The summed E-state index contributed by atoms with van der Waals surface area (Å²) >= 11 is 1.57. The minimum absolute atomic E-state index is 0.0155. The molecule has 0 saturated heterocycles. The molecule has 0 atom stereocenters. The number of carbonyl (C=O) groups excluding carboxylic acids is 1. The highest BCUT2D eigenvalue weighted by molar-refractivity contribution is 8.00. The van der Waals surface area contributed by atoms with Gasteiger partial charge in [0.25, 0.3) is 0 Å². The fourth-order valence-electron chi connectivity index (χ4n) is 1.84. The maximum Gasteiger partial charge on any atom is 0.230 e. The molecular formula is C15H20N2OS. The first kappa shape index (κ1) is 15.6. The number of nitrogens with one attached hydrogen (secondary N) is 1. The summed E-state index contributed by atoms with van der Waals surface area (Å²) in [5.41, 5.74) is 5.02. The van der Waals surface area contributed by atoms with Gasteiger partial charge in [-0.25, -0.2) is 0 Å². The van der Waals surface area contributed by atoms with Crippen LogP contribution in [0.25, 0.3) is 0 Å². The zero-order valence-corrected chi connectivity index (χ0v) is 12.8. The van der Waals surface area contributed by atoms with Gasteiger partial charge in [0.1, 0.15) is 0 Å². The normalized spacial score (nSPS) is 10.1. The Bertz CT molecular complexity index is 492. The number of rotatable bonds is 5. The van der Waals surface area contributed by atoms with Gasteiger partial charge < -0.3 is 5.32 Å². The summed E-state index contributed by atoms with van der Waals surface area (Å²) in [4.78, 5) is 12.8. The molecule has 1 aromatic carbocycles. The molecule has 0 bridgehead atoms. The molecule has 1 rings (SSSR count). The molecule has 19 heavy (non-hydrogen) atoms. The van der Waals surface area contributed by atoms with E-state index in [9.17, 15) is 4.79 Å². The molecule has 0 fully saturated rings. The van der Waals surface area contributed by atoms with E-state index in [0.717, 1.165) is 0 Å². The fraction of sp³-hybridized carbons (Fsp3) is 0.467. The quantitative estimate of drug-likeness (QED) is 0.664. The molecule has 0 radical (unpaired) electrons. The van der Waals surface area contributed by atoms with Gasteiger partial charge in [0, 0.05) is 11.4 Å². The third-order valence-corrected chi connectivity index (χ3v) is 4.51. The minimum atomic E-state index is -0.0155. The number of benzene rings is 1. The molecular weight excluding hydrogens is 256 g/mol. The number of nitriles is 1. The van der Waals surface area contributed by atoms with Gasteiger partial charge in [-0.05, 0) is 49.9 Å². The maximum absolute atomic E-state index is 11.6. The van der Waals surface area contributed by atoms with Gasteiger partial charge >= 0.3 is 0 Å². The molecule has 3 nitrogen and oxygen atoms in total. The number of thioether (sulfide) groups is 1. The van der Waals surface area contributed by atoms with E-state index in [2.05, 4.69) is 39.1 Å². The van der Waals surface area contributed by atoms with Crippen LogP contribution < -0.4 is 5.32 Å². The average molecular weight is 276 g/mol. The Kier molecular flexibility index (Phi) is 5.91. The largest absolute Gasteiger partial charge is 0.354 e. The molecule has 0 unspecified atom stereocenters. The van der Waals surface area contributed by atoms with Crippen LogP contribution in [-0.2, 0) is 4.79 Å². The lowest BCUT2D eigenvalue weighted by Gasteiger charge is -2.14. The second-order valence-corrected chi connectivity index (χ2v) is 5.62. The van der Waals surface area contributed by atoms with E-state index >= 15 is 0 Å². The highest BCUT2D eigenvalue weighted by Crippen LogP contribution is 2.30. The summed E-state index contributed by atoms with van der Waals surface area (Å²) in [6, 6.07) is 4.19. The lowest BCUT2D eigenvalue weighted by atomic mass is 10.0. The number of nitrogens with zero attached hydrogens (tertiary/aromatic N) is 1. The Hall–Kier alpha value is -1.47. The van der Waals surface area contributed by atoms with Gasteiger partial charge in [-0.2, -0.15) is 5.26 Å². The van der Waals surface area contributed by atoms with Gasteiger partial charge in [0.05, 0.1) is 18.2 Å². The van der Waals surface area contributed by atoms with Crippen molar-refractivity contribution in [3.63, 3.8) is 0 Å². The van der Waals surface area contributed by atoms with E-state index in [1.54, 1.807) is 11.8 Å². The first-order valence-corrected chi connectivity index (χ1v) is 7.29. The lowest BCUT2D eigenvalue weighted by Crippen LogP contribution is -2.25. The molecule has 102 valence electrons. The highest BCUT2D eigenvalue weighted by atomic mass is 32.2. The summed E-state index contributed by atoms with van der Waals surface area (Å²) in [5, 5.41) is 11.2. The maximum atomic E-state index is 11.6. The summed E-state index contributed by atoms with van der Waals surface area (Å²) < 4.78 is 0. The molecule has 0 aromatic heterocycles. The molecule has 4 heteroatoms. The molecule has 0 aliphatic rings. The second-order valence-electron chi connectivity index (χ2n) is 4.64. The predicted molar refractivity (Wildman–Crippen MR) is 79.4 cm³/mol. The minimum Gasteiger partial charge on any atom is -0.354 e. The van der Waals surface area contributed by atoms with Crippen molar-refractivity contribution in [3.8, 4) is 6.07 Å². The van der Waals surface area contributed by atoms with Crippen LogP contribution in [0, 0.1) is 39.0 Å². The molecule has 1 aromatic rings. The average Bonchev–Trinajstić information content (AvgIpc) is 2.37. The van der Waals surface area contributed by atoms with Crippen LogP contribution in [0.2, 0.25) is 0 Å². The van der Waals surface area contributed by atoms with E-state index in [-0.39, 0.29) is 5.91 Å². The van der Waals surface area contributed by atoms with Crippen molar-refractivity contribution < 1.29 is 4.79 Å². The summed E-state index contributed by atoms with van der Waals surface area (Å²) in [5.74, 6) is 0.383. The van der Waals surface area contributed by atoms with Crippen molar-refractivity contribution in [2.45, 2.75) is 39.0 Å². The van der Waals surface area contributed by atoms with Crippen LogP contribution in [0.15, 0.2) is 11.0 Å². The number of amides is 1. The third kappa shape index (κ3) is 4.29. The van der Waals surface area contributed by atoms with Gasteiger partial charge in [-0.1, -0.05) is 6.07 Å². The van der Waals surface area contributed by atoms with Crippen molar-refractivity contribution in [2.75, 3.05) is 12.3 Å². The Labute approximate surface area is 119 Å². The van der Waals surface area contributed by atoms with Crippen molar-refractivity contribution in [2.24, 2.45) is 0 Å². The summed E-state index contributed by atoms with van der Waals surface area (Å²) in [6.07, 6.45) is 0.359. The van der Waals surface area contributed by atoms with Crippen LogP contribution in [-0.4, -0.2) is 18.2 Å². The number of carbonyl (C=O) groups is 1. The van der Waals surface area contributed by atoms with Crippen molar-refractivity contribution in [1.29, 1.82) is 5.26 Å². The molecule has 0 heterocycles. The van der Waals surface area contributed by atoms with Crippen LogP contribution in [0.4, 0.5) is 0 Å². The molecule has 0 spiro atoms. The molecule has 1 amide bonds. The number of hydrogen-bond donors (Lipinski definition) is 1. The highest BCUT2D eigenvalue weighted by Gasteiger charge is 2.10. The van der Waals surface area contributed by atoms with Crippen LogP contribution >= 0.6 is 11.8 Å². The number of hydrogen-bond acceptors (Lipinski definition) is 3. The molecule has 1 N–H and O–H groups in total. The summed E-state index contributed by atoms with van der Waals surface area (Å²) in [6.45, 7) is 8.81. The smallest absolute Gasteiger partial charge is 0.230 e. The molecule has 0 aliphatic heterocycles. The zero-order valence-electron chi connectivity index (χ0n) is 12.0. The van der Waals surface area contributed by atoms with Crippen LogP contribution in [0.5, 0.6) is 0 Å². The zero-order chi connectivity index (χ0) is 14.4. The second kappa shape index (κ2) is 7.20. The SMILES string of the molecule is Cc1cc(C)c(C)c(SCC(=O)NCCC#N)c1C. The van der Waals surface area contributed by atoms with Crippen LogP contribution in [0.3, 0.4) is 0 Å². The third-order valence-electron chi connectivity index (χ3n) is 3.20. The van der Waals surface area contributed by atoms with Gasteiger partial charge in [0.2, 0.25) is 5.91 Å². The van der Waals surface area contributed by atoms with Crippen molar-refractivity contribution >= 4 is 17.7 Å². The van der Waals surface area contributed by atoms with Gasteiger partial charge in [0.15, 0.2) is 0 Å². The Morgan fingerprint density at radius 1 is 1.26 bits per heavy atom. The van der Waals surface area contributed by atoms with E-state index in [0.29, 0.717) is 18.7 Å².